The zero-order chi connectivity index (χ0) is 11.4. The van der Waals surface area contributed by atoms with Crippen molar-refractivity contribution in [3.63, 3.8) is 0 Å². The molecule has 0 radical (unpaired) electrons. The maximum atomic E-state index is 6.10. The van der Waals surface area contributed by atoms with Gasteiger partial charge in [-0.05, 0) is 40.4 Å². The zero-order valence-electron chi connectivity index (χ0n) is 10.3. The summed E-state index contributed by atoms with van der Waals surface area (Å²) in [7, 11) is -1.54. The molecule has 14 heavy (non-hydrogen) atoms. The van der Waals surface area contributed by atoms with Crippen molar-refractivity contribution in [2.75, 3.05) is 0 Å². The molecule has 2 heteroatoms. The van der Waals surface area contributed by atoms with Crippen LogP contribution in [0.25, 0.3) is 0 Å². The van der Waals surface area contributed by atoms with Crippen LogP contribution >= 0.6 is 0 Å². The Bertz CT molecular complexity index is 250. The molecule has 1 atom stereocenters. The summed E-state index contributed by atoms with van der Waals surface area (Å²) in [5.74, 6) is 2.69. The number of hydrogen-bond donors (Lipinski definition) is 0. The van der Waals surface area contributed by atoms with E-state index in [0.717, 1.165) is 0 Å². The molecule has 0 rings (SSSR count). The molecule has 0 saturated heterocycles. The minimum atomic E-state index is -1.54. The van der Waals surface area contributed by atoms with Crippen molar-refractivity contribution in [1.82, 2.24) is 0 Å². The van der Waals surface area contributed by atoms with Crippen LogP contribution in [-0.4, -0.2) is 13.9 Å². The molecule has 0 saturated carbocycles. The molecule has 0 aromatic carbocycles. The molecule has 1 nitrogen and oxygen atoms in total. The lowest BCUT2D eigenvalue weighted by molar-refractivity contribution is 0.137. The minimum Gasteiger partial charge on any atom is -0.408 e. The van der Waals surface area contributed by atoms with Gasteiger partial charge in [-0.15, -0.1) is 12.3 Å². The van der Waals surface area contributed by atoms with Gasteiger partial charge in [0.05, 0.1) is 5.60 Å². The number of hydrogen-bond acceptors (Lipinski definition) is 1. The van der Waals surface area contributed by atoms with Gasteiger partial charge in [0, 0.05) is 6.42 Å². The van der Waals surface area contributed by atoms with Crippen molar-refractivity contribution in [2.45, 2.75) is 52.4 Å². The van der Waals surface area contributed by atoms with E-state index < -0.39 is 8.32 Å². The van der Waals surface area contributed by atoms with E-state index in [2.05, 4.69) is 52.4 Å². The van der Waals surface area contributed by atoms with Crippen molar-refractivity contribution in [2.24, 2.45) is 0 Å². The van der Waals surface area contributed by atoms with E-state index in [4.69, 9.17) is 10.8 Å². The fourth-order valence-corrected chi connectivity index (χ4v) is 3.16. The normalized spacial score (nSPS) is 15.5. The van der Waals surface area contributed by atoms with Crippen LogP contribution in [0.4, 0.5) is 0 Å². The molecule has 0 aliphatic rings. The first kappa shape index (κ1) is 13.5. The molecule has 0 heterocycles. The molecular formula is C12H22OSi. The number of terminal acetylenes is 1. The van der Waals surface area contributed by atoms with Gasteiger partial charge in [-0.1, -0.05) is 11.6 Å². The lowest BCUT2D eigenvalue weighted by Gasteiger charge is -2.33. The molecule has 0 aromatic rings. The molecule has 0 aliphatic carbocycles. The summed E-state index contributed by atoms with van der Waals surface area (Å²) in [6.07, 6.45) is 8.14. The fraction of sp³-hybridized carbons (Fsp3) is 0.667. The first-order chi connectivity index (χ1) is 6.18. The van der Waals surface area contributed by atoms with E-state index in [1.165, 1.54) is 5.57 Å². The highest BCUT2D eigenvalue weighted by Crippen LogP contribution is 2.24. The Morgan fingerprint density at radius 2 is 1.93 bits per heavy atom. The lowest BCUT2D eigenvalue weighted by atomic mass is 10.0. The van der Waals surface area contributed by atoms with Crippen LogP contribution < -0.4 is 0 Å². The number of allylic oxidation sites excluding steroid dienone is 1. The van der Waals surface area contributed by atoms with E-state index >= 15 is 0 Å². The summed E-state index contributed by atoms with van der Waals surface area (Å²) in [6, 6.07) is 0. The molecule has 0 aliphatic heterocycles. The smallest absolute Gasteiger partial charge is 0.184 e. The van der Waals surface area contributed by atoms with Crippen molar-refractivity contribution < 1.29 is 4.43 Å². The Morgan fingerprint density at radius 3 is 2.21 bits per heavy atom. The van der Waals surface area contributed by atoms with Gasteiger partial charge in [-0.25, -0.2) is 0 Å². The Hall–Kier alpha value is -0.523. The van der Waals surface area contributed by atoms with Gasteiger partial charge in [-0.3, -0.25) is 0 Å². The molecule has 0 fully saturated rings. The third kappa shape index (κ3) is 6.01. The molecule has 0 spiro atoms. The molecule has 0 bridgehead atoms. The van der Waals surface area contributed by atoms with Crippen LogP contribution in [-0.2, 0) is 4.43 Å². The van der Waals surface area contributed by atoms with Crippen molar-refractivity contribution in [1.29, 1.82) is 0 Å². The maximum Gasteiger partial charge on any atom is 0.184 e. The average Bonchev–Trinajstić information content (AvgIpc) is 1.78. The highest BCUT2D eigenvalue weighted by Gasteiger charge is 2.28. The Morgan fingerprint density at radius 1 is 1.43 bits per heavy atom. The quantitative estimate of drug-likeness (QED) is 0.391. The van der Waals surface area contributed by atoms with Crippen LogP contribution in [0.15, 0.2) is 11.6 Å². The van der Waals surface area contributed by atoms with E-state index in [0.29, 0.717) is 6.42 Å². The van der Waals surface area contributed by atoms with Crippen molar-refractivity contribution in [3.05, 3.63) is 11.6 Å². The van der Waals surface area contributed by atoms with E-state index in [1.807, 2.05) is 0 Å². The maximum absolute atomic E-state index is 6.10. The van der Waals surface area contributed by atoms with Crippen molar-refractivity contribution in [3.8, 4) is 12.3 Å². The molecule has 0 aromatic heterocycles. The summed E-state index contributed by atoms with van der Waals surface area (Å²) < 4.78 is 6.10. The topological polar surface area (TPSA) is 9.23 Å². The Labute approximate surface area is 89.7 Å². The van der Waals surface area contributed by atoms with Gasteiger partial charge >= 0.3 is 0 Å². The molecular weight excluding hydrogens is 188 g/mol. The predicted octanol–water partition coefficient (Wildman–Crippen LogP) is 3.59. The summed E-state index contributed by atoms with van der Waals surface area (Å²) in [5.41, 5.74) is 0.971. The molecule has 0 amide bonds. The summed E-state index contributed by atoms with van der Waals surface area (Å²) in [4.78, 5) is 0. The van der Waals surface area contributed by atoms with Gasteiger partial charge < -0.3 is 4.43 Å². The SMILES string of the molecule is C#CCC(C)(C=C(C)C)O[Si](C)(C)C. The standard InChI is InChI=1S/C12H22OSi/c1-8-9-12(4,10-11(2)3)13-14(5,6)7/h1,10H,9H2,2-7H3. The van der Waals surface area contributed by atoms with Crippen LogP contribution in [0.5, 0.6) is 0 Å². The fourth-order valence-electron chi connectivity index (χ4n) is 1.63. The van der Waals surface area contributed by atoms with Crippen molar-refractivity contribution >= 4 is 8.32 Å². The average molecular weight is 210 g/mol. The van der Waals surface area contributed by atoms with Gasteiger partial charge in [-0.2, -0.15) is 0 Å². The van der Waals surface area contributed by atoms with E-state index in [9.17, 15) is 0 Å². The number of rotatable bonds is 4. The van der Waals surface area contributed by atoms with Crippen LogP contribution in [0, 0.1) is 12.3 Å². The molecule has 1 unspecified atom stereocenters. The van der Waals surface area contributed by atoms with Crippen LogP contribution in [0.3, 0.4) is 0 Å². The first-order valence-electron chi connectivity index (χ1n) is 4.98. The Balaban J connectivity index is 4.75. The highest BCUT2D eigenvalue weighted by atomic mass is 28.4. The molecule has 80 valence electrons. The van der Waals surface area contributed by atoms with E-state index in [-0.39, 0.29) is 5.60 Å². The Kier molecular flexibility index (Phi) is 4.63. The second kappa shape index (κ2) is 4.81. The zero-order valence-corrected chi connectivity index (χ0v) is 11.3. The monoisotopic (exact) mass is 210 g/mol. The van der Waals surface area contributed by atoms with Gasteiger partial charge in [0.1, 0.15) is 0 Å². The van der Waals surface area contributed by atoms with Crippen LogP contribution in [0.2, 0.25) is 19.6 Å². The second-order valence-corrected chi connectivity index (χ2v) is 9.56. The third-order valence-electron chi connectivity index (χ3n) is 1.59. The first-order valence-corrected chi connectivity index (χ1v) is 8.39. The summed E-state index contributed by atoms with van der Waals surface area (Å²) in [6.45, 7) is 12.8. The minimum absolute atomic E-state index is 0.280. The summed E-state index contributed by atoms with van der Waals surface area (Å²) >= 11 is 0. The van der Waals surface area contributed by atoms with Crippen LogP contribution in [0.1, 0.15) is 27.2 Å². The second-order valence-electron chi connectivity index (χ2n) is 5.13. The largest absolute Gasteiger partial charge is 0.408 e. The van der Waals surface area contributed by atoms with Gasteiger partial charge in [0.2, 0.25) is 0 Å². The molecule has 0 N–H and O–H groups in total. The predicted molar refractivity (Wildman–Crippen MR) is 65.7 cm³/mol. The lowest BCUT2D eigenvalue weighted by Crippen LogP contribution is -2.39. The summed E-state index contributed by atoms with van der Waals surface area (Å²) in [5, 5.41) is 0. The highest BCUT2D eigenvalue weighted by molar-refractivity contribution is 6.69. The van der Waals surface area contributed by atoms with E-state index in [1.54, 1.807) is 0 Å². The third-order valence-corrected chi connectivity index (χ3v) is 2.67. The van der Waals surface area contributed by atoms with Gasteiger partial charge in [0.15, 0.2) is 8.32 Å². The van der Waals surface area contributed by atoms with Gasteiger partial charge in [0.25, 0.3) is 0 Å².